The number of hydrogen-bond donors (Lipinski definition) is 0. The summed E-state index contributed by atoms with van der Waals surface area (Å²) in [5, 5.41) is 9.47. The first kappa shape index (κ1) is 14.4. The summed E-state index contributed by atoms with van der Waals surface area (Å²) in [6.07, 6.45) is 1.01. The summed E-state index contributed by atoms with van der Waals surface area (Å²) in [5.41, 5.74) is -0.573. The first-order chi connectivity index (χ1) is 9.35. The third-order valence-corrected chi connectivity index (χ3v) is 5.02. The zero-order valence-electron chi connectivity index (χ0n) is 10.5. The monoisotopic (exact) mass is 299 g/mol. The zero-order valence-corrected chi connectivity index (χ0v) is 11.3. The minimum absolute atomic E-state index is 0.157. The van der Waals surface area contributed by atoms with Crippen LogP contribution in [-0.2, 0) is 9.84 Å². The smallest absolute Gasteiger partial charge is 0.309 e. The van der Waals surface area contributed by atoms with Crippen molar-refractivity contribution in [2.75, 3.05) is 0 Å². The topological polar surface area (TPSA) is 61.1 Å². The lowest BCUT2D eigenvalue weighted by Gasteiger charge is -2.14. The summed E-state index contributed by atoms with van der Waals surface area (Å²) in [6.45, 7) is 1.14. The molecule has 1 atom stereocenters. The van der Waals surface area contributed by atoms with E-state index in [0.29, 0.717) is 0 Å². The van der Waals surface area contributed by atoms with Gasteiger partial charge >= 0.3 is 5.03 Å². The molecular formula is C13H11F2NO3S. The molecule has 0 spiro atoms. The van der Waals surface area contributed by atoms with E-state index < -0.39 is 37.3 Å². The summed E-state index contributed by atoms with van der Waals surface area (Å²) in [4.78, 5) is 0. The maximum atomic E-state index is 13.7. The van der Waals surface area contributed by atoms with Gasteiger partial charge in [-0.3, -0.25) is 0 Å². The predicted molar refractivity (Wildman–Crippen MR) is 67.4 cm³/mol. The predicted octanol–water partition coefficient (Wildman–Crippen LogP) is 2.13. The van der Waals surface area contributed by atoms with Gasteiger partial charge in [-0.15, -0.1) is 0 Å². The fraction of sp³-hybridized carbons (Fsp3) is 0.154. The molecule has 1 unspecified atom stereocenters. The van der Waals surface area contributed by atoms with E-state index in [9.17, 15) is 22.4 Å². The summed E-state index contributed by atoms with van der Waals surface area (Å²) >= 11 is 0. The average Bonchev–Trinajstić information content (AvgIpc) is 2.38. The summed E-state index contributed by atoms with van der Waals surface area (Å²) in [6, 6.07) is 6.91. The Morgan fingerprint density at radius 2 is 1.70 bits per heavy atom. The van der Waals surface area contributed by atoms with E-state index in [1.165, 1.54) is 12.1 Å². The maximum Gasteiger partial charge on any atom is 0.309 e. The molecule has 0 aliphatic rings. The highest BCUT2D eigenvalue weighted by Gasteiger charge is 2.34. The molecule has 0 fully saturated rings. The second-order valence-corrected chi connectivity index (χ2v) is 6.40. The van der Waals surface area contributed by atoms with Gasteiger partial charge in [0.25, 0.3) is 0 Å². The van der Waals surface area contributed by atoms with E-state index in [1.54, 1.807) is 0 Å². The van der Waals surface area contributed by atoms with E-state index >= 15 is 0 Å². The van der Waals surface area contributed by atoms with Crippen LogP contribution >= 0.6 is 0 Å². The van der Waals surface area contributed by atoms with E-state index in [1.807, 2.05) is 0 Å². The van der Waals surface area contributed by atoms with Crippen LogP contribution in [0, 0.1) is 16.8 Å². The van der Waals surface area contributed by atoms with Crippen LogP contribution in [0.1, 0.15) is 17.7 Å². The quantitative estimate of drug-likeness (QED) is 0.644. The van der Waals surface area contributed by atoms with Crippen LogP contribution in [0.3, 0.4) is 0 Å². The van der Waals surface area contributed by atoms with Crippen molar-refractivity contribution >= 4 is 9.84 Å². The van der Waals surface area contributed by atoms with Crippen LogP contribution in [-0.4, -0.2) is 8.42 Å². The molecule has 0 saturated carbocycles. The normalized spacial score (nSPS) is 13.2. The first-order valence-electron chi connectivity index (χ1n) is 5.71. The number of halogens is 2. The Balaban J connectivity index is 2.59. The number of sulfone groups is 1. The van der Waals surface area contributed by atoms with Gasteiger partial charge in [-0.05, 0) is 25.1 Å². The summed E-state index contributed by atoms with van der Waals surface area (Å²) < 4.78 is 52.1. The van der Waals surface area contributed by atoms with Crippen LogP contribution < -0.4 is 4.73 Å². The molecule has 2 rings (SSSR count). The second kappa shape index (κ2) is 5.16. The first-order valence-corrected chi connectivity index (χ1v) is 7.26. The molecule has 7 heteroatoms. The van der Waals surface area contributed by atoms with Gasteiger partial charge in [-0.25, -0.2) is 17.2 Å². The number of benzene rings is 1. The number of aromatic nitrogens is 1. The Labute approximate surface area is 114 Å². The van der Waals surface area contributed by atoms with Crippen LogP contribution in [0.2, 0.25) is 0 Å². The van der Waals surface area contributed by atoms with E-state index in [-0.39, 0.29) is 4.73 Å². The second-order valence-electron chi connectivity index (χ2n) is 4.19. The fourth-order valence-corrected chi connectivity index (χ4v) is 3.35. The van der Waals surface area contributed by atoms with Gasteiger partial charge in [0.1, 0.15) is 11.6 Å². The molecule has 0 aliphatic heterocycles. The molecule has 1 aromatic heterocycles. The van der Waals surface area contributed by atoms with Crippen molar-refractivity contribution in [2.45, 2.75) is 17.2 Å². The van der Waals surface area contributed by atoms with Crippen LogP contribution in [0.15, 0.2) is 47.6 Å². The van der Waals surface area contributed by atoms with Crippen molar-refractivity contribution in [1.82, 2.24) is 0 Å². The summed E-state index contributed by atoms with van der Waals surface area (Å²) in [5.74, 6) is -1.93. The van der Waals surface area contributed by atoms with Gasteiger partial charge in [-0.1, -0.05) is 6.07 Å². The van der Waals surface area contributed by atoms with Gasteiger partial charge in [0.2, 0.25) is 9.84 Å². The third-order valence-electron chi connectivity index (χ3n) is 2.95. The average molecular weight is 299 g/mol. The maximum absolute atomic E-state index is 13.7. The molecule has 4 nitrogen and oxygen atoms in total. The van der Waals surface area contributed by atoms with Crippen LogP contribution in [0.25, 0.3) is 0 Å². The minimum Gasteiger partial charge on any atom is -0.618 e. The lowest BCUT2D eigenvalue weighted by atomic mass is 10.1. The fourth-order valence-electron chi connectivity index (χ4n) is 1.87. The Kier molecular flexibility index (Phi) is 3.71. The van der Waals surface area contributed by atoms with Crippen molar-refractivity contribution in [2.24, 2.45) is 0 Å². The van der Waals surface area contributed by atoms with Gasteiger partial charge in [-0.2, -0.15) is 4.73 Å². The standard InChI is InChI=1S/C13H11F2NO3S/c1-9(13-10(14)5-4-6-11(13)15)20(18,19)12-7-2-3-8-16(12)17/h2-9H,1H3. The molecule has 0 saturated heterocycles. The molecule has 0 aliphatic carbocycles. The Morgan fingerprint density at radius 1 is 1.10 bits per heavy atom. The molecule has 0 N–H and O–H groups in total. The van der Waals surface area contributed by atoms with Gasteiger partial charge in [0, 0.05) is 17.7 Å². The molecule has 0 radical (unpaired) electrons. The molecule has 0 bridgehead atoms. The molecule has 1 aromatic carbocycles. The lowest BCUT2D eigenvalue weighted by Crippen LogP contribution is -2.34. The van der Waals surface area contributed by atoms with Crippen molar-refractivity contribution in [3.63, 3.8) is 0 Å². The van der Waals surface area contributed by atoms with Gasteiger partial charge in [0.15, 0.2) is 6.20 Å². The van der Waals surface area contributed by atoms with Crippen LogP contribution in [0.4, 0.5) is 8.78 Å². The zero-order chi connectivity index (χ0) is 14.9. The molecule has 1 heterocycles. The number of rotatable bonds is 3. The Hall–Kier alpha value is -2.02. The highest BCUT2D eigenvalue weighted by atomic mass is 32.2. The minimum atomic E-state index is -4.20. The Bertz CT molecular complexity index is 727. The largest absolute Gasteiger partial charge is 0.618 e. The number of pyridine rings is 1. The highest BCUT2D eigenvalue weighted by Crippen LogP contribution is 2.30. The molecule has 20 heavy (non-hydrogen) atoms. The van der Waals surface area contributed by atoms with Crippen molar-refractivity contribution in [3.8, 4) is 0 Å². The Morgan fingerprint density at radius 3 is 2.25 bits per heavy atom. The number of nitrogens with zero attached hydrogens (tertiary/aromatic N) is 1. The van der Waals surface area contributed by atoms with Crippen molar-refractivity contribution in [1.29, 1.82) is 0 Å². The molecule has 0 amide bonds. The van der Waals surface area contributed by atoms with Crippen molar-refractivity contribution < 1.29 is 21.9 Å². The van der Waals surface area contributed by atoms with Crippen LogP contribution in [0.5, 0.6) is 0 Å². The lowest BCUT2D eigenvalue weighted by molar-refractivity contribution is -0.646. The SMILES string of the molecule is CC(c1c(F)cccc1F)S(=O)(=O)c1cccc[n+]1[O-]. The molecule has 106 valence electrons. The third kappa shape index (κ3) is 2.36. The number of hydrogen-bond acceptors (Lipinski definition) is 3. The van der Waals surface area contributed by atoms with Gasteiger partial charge in [0.05, 0.1) is 5.25 Å². The van der Waals surface area contributed by atoms with E-state index in [0.717, 1.165) is 37.4 Å². The molecule has 2 aromatic rings. The van der Waals surface area contributed by atoms with Gasteiger partial charge < -0.3 is 5.21 Å². The van der Waals surface area contributed by atoms with E-state index in [2.05, 4.69) is 0 Å². The van der Waals surface area contributed by atoms with Crippen molar-refractivity contribution in [3.05, 3.63) is 65.0 Å². The molecular weight excluding hydrogens is 288 g/mol. The van der Waals surface area contributed by atoms with E-state index in [4.69, 9.17) is 0 Å². The summed E-state index contributed by atoms with van der Waals surface area (Å²) in [7, 11) is -4.20. The highest BCUT2D eigenvalue weighted by molar-refractivity contribution is 7.91.